The van der Waals surface area contributed by atoms with Gasteiger partial charge in [0, 0.05) is 5.02 Å². The van der Waals surface area contributed by atoms with Crippen LogP contribution in [0.5, 0.6) is 5.75 Å². The highest BCUT2D eigenvalue weighted by atomic mass is 35.5. The van der Waals surface area contributed by atoms with Gasteiger partial charge in [0.05, 0.1) is 13.2 Å². The SMILES string of the molecule is COc1ccc(Cl)cc1CC1=CC(O)CC1. The molecule has 0 aliphatic heterocycles. The molecule has 0 amide bonds. The smallest absolute Gasteiger partial charge is 0.122 e. The number of benzene rings is 1. The van der Waals surface area contributed by atoms with E-state index < -0.39 is 0 Å². The Morgan fingerprint density at radius 2 is 2.31 bits per heavy atom. The highest BCUT2D eigenvalue weighted by Crippen LogP contribution is 2.28. The molecule has 0 bridgehead atoms. The first-order valence-corrected chi connectivity index (χ1v) is 5.77. The average Bonchev–Trinajstić information content (AvgIpc) is 2.64. The molecule has 3 heteroatoms. The Morgan fingerprint density at radius 1 is 1.50 bits per heavy atom. The first-order chi connectivity index (χ1) is 7.69. The number of aliphatic hydroxyl groups is 1. The van der Waals surface area contributed by atoms with Crippen molar-refractivity contribution in [2.24, 2.45) is 0 Å². The fourth-order valence-corrected chi connectivity index (χ4v) is 2.24. The van der Waals surface area contributed by atoms with Crippen molar-refractivity contribution < 1.29 is 9.84 Å². The second-order valence-corrected chi connectivity index (χ2v) is 4.50. The summed E-state index contributed by atoms with van der Waals surface area (Å²) >= 11 is 5.96. The third kappa shape index (κ3) is 2.57. The molecular formula is C13H15ClO2. The van der Waals surface area contributed by atoms with Crippen LogP contribution in [-0.4, -0.2) is 18.3 Å². The van der Waals surface area contributed by atoms with Gasteiger partial charge in [0.2, 0.25) is 0 Å². The van der Waals surface area contributed by atoms with Gasteiger partial charge in [0.1, 0.15) is 5.75 Å². The van der Waals surface area contributed by atoms with Crippen molar-refractivity contribution in [3.63, 3.8) is 0 Å². The molecule has 1 aromatic carbocycles. The van der Waals surface area contributed by atoms with Crippen molar-refractivity contribution in [1.29, 1.82) is 0 Å². The van der Waals surface area contributed by atoms with E-state index in [2.05, 4.69) is 0 Å². The number of hydrogen-bond donors (Lipinski definition) is 1. The maximum absolute atomic E-state index is 9.42. The second-order valence-electron chi connectivity index (χ2n) is 4.06. The molecule has 1 aliphatic rings. The minimum Gasteiger partial charge on any atom is -0.496 e. The van der Waals surface area contributed by atoms with E-state index in [1.54, 1.807) is 7.11 Å². The summed E-state index contributed by atoms with van der Waals surface area (Å²) in [5.74, 6) is 0.853. The maximum Gasteiger partial charge on any atom is 0.122 e. The fraction of sp³-hybridized carbons (Fsp3) is 0.385. The topological polar surface area (TPSA) is 29.5 Å². The van der Waals surface area contributed by atoms with Crippen LogP contribution in [0.15, 0.2) is 29.8 Å². The van der Waals surface area contributed by atoms with E-state index in [9.17, 15) is 5.11 Å². The third-order valence-electron chi connectivity index (χ3n) is 2.85. The van der Waals surface area contributed by atoms with Crippen LogP contribution in [0.3, 0.4) is 0 Å². The highest BCUT2D eigenvalue weighted by Gasteiger charge is 2.14. The Bertz CT molecular complexity index is 412. The number of allylic oxidation sites excluding steroid dienone is 1. The van der Waals surface area contributed by atoms with Crippen molar-refractivity contribution >= 4 is 11.6 Å². The molecule has 1 unspecified atom stereocenters. The lowest BCUT2D eigenvalue weighted by molar-refractivity contribution is 0.223. The van der Waals surface area contributed by atoms with Gasteiger partial charge >= 0.3 is 0 Å². The summed E-state index contributed by atoms with van der Waals surface area (Å²) < 4.78 is 5.29. The predicted octanol–water partition coefficient (Wildman–Crippen LogP) is 2.97. The van der Waals surface area contributed by atoms with Crippen LogP contribution in [0, 0.1) is 0 Å². The Balaban J connectivity index is 2.20. The van der Waals surface area contributed by atoms with E-state index in [-0.39, 0.29) is 6.10 Å². The Labute approximate surface area is 101 Å². The van der Waals surface area contributed by atoms with Crippen LogP contribution in [-0.2, 0) is 6.42 Å². The minimum atomic E-state index is -0.278. The van der Waals surface area contributed by atoms with Crippen LogP contribution in [0.25, 0.3) is 0 Å². The maximum atomic E-state index is 9.42. The first kappa shape index (κ1) is 11.5. The highest BCUT2D eigenvalue weighted by molar-refractivity contribution is 6.30. The van der Waals surface area contributed by atoms with E-state index in [0.29, 0.717) is 0 Å². The molecule has 2 nitrogen and oxygen atoms in total. The third-order valence-corrected chi connectivity index (χ3v) is 3.08. The van der Waals surface area contributed by atoms with Crippen LogP contribution >= 0.6 is 11.6 Å². The van der Waals surface area contributed by atoms with Crippen molar-refractivity contribution in [2.45, 2.75) is 25.4 Å². The normalized spacial score (nSPS) is 19.7. The Hall–Kier alpha value is -0.990. The predicted molar refractivity (Wildman–Crippen MR) is 65.0 cm³/mol. The lowest BCUT2D eigenvalue weighted by Crippen LogP contribution is -1.94. The van der Waals surface area contributed by atoms with Crippen molar-refractivity contribution in [3.8, 4) is 5.75 Å². The number of aliphatic hydroxyl groups excluding tert-OH is 1. The molecular weight excluding hydrogens is 224 g/mol. The zero-order chi connectivity index (χ0) is 11.5. The van der Waals surface area contributed by atoms with Gasteiger partial charge in [0.15, 0.2) is 0 Å². The van der Waals surface area contributed by atoms with Crippen LogP contribution in [0.4, 0.5) is 0 Å². The monoisotopic (exact) mass is 238 g/mol. The van der Waals surface area contributed by atoms with Gasteiger partial charge in [-0.2, -0.15) is 0 Å². The first-order valence-electron chi connectivity index (χ1n) is 5.39. The van der Waals surface area contributed by atoms with Gasteiger partial charge in [-0.05, 0) is 43.0 Å². The van der Waals surface area contributed by atoms with Gasteiger partial charge in [-0.25, -0.2) is 0 Å². The van der Waals surface area contributed by atoms with E-state index in [0.717, 1.165) is 35.6 Å². The molecule has 0 aromatic heterocycles. The molecule has 0 saturated heterocycles. The molecule has 0 heterocycles. The zero-order valence-corrected chi connectivity index (χ0v) is 10.00. The van der Waals surface area contributed by atoms with Crippen LogP contribution < -0.4 is 4.74 Å². The molecule has 0 spiro atoms. The largest absolute Gasteiger partial charge is 0.496 e. The molecule has 1 N–H and O–H groups in total. The molecule has 16 heavy (non-hydrogen) atoms. The summed E-state index contributed by atoms with van der Waals surface area (Å²) in [6, 6.07) is 5.62. The summed E-state index contributed by atoms with van der Waals surface area (Å²) in [7, 11) is 1.66. The quantitative estimate of drug-likeness (QED) is 0.821. The molecule has 1 aliphatic carbocycles. The van der Waals surface area contributed by atoms with Gasteiger partial charge < -0.3 is 9.84 Å². The fourth-order valence-electron chi connectivity index (χ4n) is 2.05. The van der Waals surface area contributed by atoms with Crippen molar-refractivity contribution in [1.82, 2.24) is 0 Å². The van der Waals surface area contributed by atoms with Gasteiger partial charge in [0.25, 0.3) is 0 Å². The van der Waals surface area contributed by atoms with E-state index in [4.69, 9.17) is 16.3 Å². The Kier molecular flexibility index (Phi) is 3.52. The van der Waals surface area contributed by atoms with Crippen molar-refractivity contribution in [2.75, 3.05) is 7.11 Å². The molecule has 0 fully saturated rings. The van der Waals surface area contributed by atoms with Gasteiger partial charge in [-0.1, -0.05) is 23.3 Å². The zero-order valence-electron chi connectivity index (χ0n) is 9.24. The standard InChI is InChI=1S/C13H15ClO2/c1-16-13-5-3-11(14)8-10(13)6-9-2-4-12(15)7-9/h3,5,7-8,12,15H,2,4,6H2,1H3. The molecule has 1 aromatic rings. The lowest BCUT2D eigenvalue weighted by Gasteiger charge is -2.09. The van der Waals surface area contributed by atoms with Crippen molar-refractivity contribution in [3.05, 3.63) is 40.4 Å². The second kappa shape index (κ2) is 4.89. The van der Waals surface area contributed by atoms with E-state index in [1.165, 1.54) is 5.57 Å². The number of methoxy groups -OCH3 is 1. The number of halogens is 1. The summed E-state index contributed by atoms with van der Waals surface area (Å²) in [5.41, 5.74) is 2.34. The van der Waals surface area contributed by atoms with Crippen LogP contribution in [0.2, 0.25) is 5.02 Å². The number of rotatable bonds is 3. The summed E-state index contributed by atoms with van der Waals surface area (Å²) in [6.07, 6.45) is 4.25. The minimum absolute atomic E-state index is 0.278. The summed E-state index contributed by atoms with van der Waals surface area (Å²) in [4.78, 5) is 0. The lowest BCUT2D eigenvalue weighted by atomic mass is 10.0. The van der Waals surface area contributed by atoms with E-state index in [1.807, 2.05) is 24.3 Å². The van der Waals surface area contributed by atoms with Gasteiger partial charge in [-0.15, -0.1) is 0 Å². The molecule has 86 valence electrons. The number of hydrogen-bond acceptors (Lipinski definition) is 2. The van der Waals surface area contributed by atoms with E-state index >= 15 is 0 Å². The average molecular weight is 239 g/mol. The number of ether oxygens (including phenoxy) is 1. The molecule has 0 radical (unpaired) electrons. The molecule has 2 rings (SSSR count). The summed E-state index contributed by atoms with van der Waals surface area (Å²) in [5, 5.41) is 10.1. The van der Waals surface area contributed by atoms with Crippen LogP contribution in [0.1, 0.15) is 18.4 Å². The van der Waals surface area contributed by atoms with Gasteiger partial charge in [-0.3, -0.25) is 0 Å². The molecule has 0 saturated carbocycles. The Morgan fingerprint density at radius 3 is 2.94 bits per heavy atom. The molecule has 1 atom stereocenters. The summed E-state index contributed by atoms with van der Waals surface area (Å²) in [6.45, 7) is 0.